The summed E-state index contributed by atoms with van der Waals surface area (Å²) in [5.41, 5.74) is 1.47. The minimum absolute atomic E-state index is 0.168. The molecular formula is C9H11BrN2S. The highest BCUT2D eigenvalue weighted by Gasteiger charge is 2.20. The van der Waals surface area contributed by atoms with Crippen molar-refractivity contribution in [2.75, 3.05) is 0 Å². The number of hydrogen-bond acceptors (Lipinski definition) is 2. The first-order chi connectivity index (χ1) is 6.00. The van der Waals surface area contributed by atoms with Crippen LogP contribution in [0.15, 0.2) is 16.2 Å². The van der Waals surface area contributed by atoms with Gasteiger partial charge in [0.25, 0.3) is 0 Å². The highest BCUT2D eigenvalue weighted by molar-refractivity contribution is 9.10. The van der Waals surface area contributed by atoms with Gasteiger partial charge in [-0.2, -0.15) is 0 Å². The fraction of sp³-hybridized carbons (Fsp3) is 0.444. The Morgan fingerprint density at radius 2 is 2.15 bits per heavy atom. The molecule has 2 aromatic rings. The van der Waals surface area contributed by atoms with Crippen molar-refractivity contribution in [1.29, 1.82) is 0 Å². The van der Waals surface area contributed by atoms with Crippen molar-refractivity contribution in [2.24, 2.45) is 0 Å². The first-order valence-electron chi connectivity index (χ1n) is 4.11. The van der Waals surface area contributed by atoms with E-state index < -0.39 is 0 Å². The van der Waals surface area contributed by atoms with Gasteiger partial charge in [0.05, 0.1) is 6.20 Å². The van der Waals surface area contributed by atoms with Crippen LogP contribution in [0.5, 0.6) is 0 Å². The Morgan fingerprint density at radius 3 is 2.77 bits per heavy atom. The Kier molecular flexibility index (Phi) is 2.00. The van der Waals surface area contributed by atoms with Gasteiger partial charge in [0.2, 0.25) is 0 Å². The minimum atomic E-state index is 0.168. The maximum absolute atomic E-state index is 4.29. The largest absolute Gasteiger partial charge is 0.281 e. The maximum atomic E-state index is 4.29. The van der Waals surface area contributed by atoms with Crippen LogP contribution in [-0.2, 0) is 5.41 Å². The van der Waals surface area contributed by atoms with E-state index in [1.54, 1.807) is 11.3 Å². The lowest BCUT2D eigenvalue weighted by atomic mass is 9.93. The maximum Gasteiger partial charge on any atom is 0.194 e. The van der Waals surface area contributed by atoms with E-state index in [2.05, 4.69) is 51.5 Å². The van der Waals surface area contributed by atoms with Gasteiger partial charge >= 0.3 is 0 Å². The van der Waals surface area contributed by atoms with Gasteiger partial charge in [-0.25, -0.2) is 4.98 Å². The van der Waals surface area contributed by atoms with Gasteiger partial charge in [-0.3, -0.25) is 4.40 Å². The number of rotatable bonds is 0. The van der Waals surface area contributed by atoms with E-state index in [1.165, 1.54) is 5.69 Å². The lowest BCUT2D eigenvalue weighted by Crippen LogP contribution is -2.13. The number of fused-ring (bicyclic) bond motifs is 1. The fourth-order valence-corrected chi connectivity index (χ4v) is 2.96. The van der Waals surface area contributed by atoms with Crippen LogP contribution >= 0.6 is 27.3 Å². The lowest BCUT2D eigenvalue weighted by molar-refractivity contribution is 0.563. The highest BCUT2D eigenvalue weighted by atomic mass is 79.9. The number of imidazole rings is 1. The van der Waals surface area contributed by atoms with Crippen molar-refractivity contribution in [3.8, 4) is 0 Å². The van der Waals surface area contributed by atoms with Crippen molar-refractivity contribution >= 4 is 32.2 Å². The molecule has 2 aromatic heterocycles. The molecule has 0 bridgehead atoms. The van der Waals surface area contributed by atoms with Crippen LogP contribution in [0.25, 0.3) is 4.96 Å². The molecule has 0 saturated heterocycles. The summed E-state index contributed by atoms with van der Waals surface area (Å²) >= 11 is 5.18. The number of hydrogen-bond donors (Lipinski definition) is 0. The number of halogens is 1. The smallest absolute Gasteiger partial charge is 0.194 e. The molecule has 0 N–H and O–H groups in total. The number of aromatic nitrogens is 2. The Bertz CT molecular complexity index is 436. The topological polar surface area (TPSA) is 17.3 Å². The first-order valence-corrected chi connectivity index (χ1v) is 5.78. The zero-order chi connectivity index (χ0) is 9.64. The molecule has 2 heterocycles. The number of thiazole rings is 1. The lowest BCUT2D eigenvalue weighted by Gasteiger charge is -2.17. The molecule has 0 atom stereocenters. The van der Waals surface area contributed by atoms with Crippen molar-refractivity contribution in [3.05, 3.63) is 21.9 Å². The summed E-state index contributed by atoms with van der Waals surface area (Å²) in [4.78, 5) is 5.34. The predicted octanol–water partition coefficient (Wildman–Crippen LogP) is 3.46. The molecule has 2 nitrogen and oxygen atoms in total. The second-order valence-corrected chi connectivity index (χ2v) is 5.72. The van der Waals surface area contributed by atoms with Crippen LogP contribution in [0.2, 0.25) is 0 Å². The molecule has 0 radical (unpaired) electrons. The molecule has 70 valence electrons. The molecule has 0 aromatic carbocycles. The fourth-order valence-electron chi connectivity index (χ4n) is 1.29. The van der Waals surface area contributed by atoms with E-state index in [4.69, 9.17) is 0 Å². The second kappa shape index (κ2) is 2.82. The molecule has 2 rings (SSSR count). The molecule has 0 spiro atoms. The standard InChI is InChI=1S/C9H11BrN2S/c1-9(2,3)6-5-13-8-11-4-7(10)12(6)8/h4-5H,1-3H3. The zero-order valence-corrected chi connectivity index (χ0v) is 10.2. The Balaban J connectivity index is 2.76. The summed E-state index contributed by atoms with van der Waals surface area (Å²) in [6.07, 6.45) is 1.85. The SMILES string of the molecule is CC(C)(C)c1csc2ncc(Br)n12. The van der Waals surface area contributed by atoms with Gasteiger partial charge in [-0.1, -0.05) is 20.8 Å². The van der Waals surface area contributed by atoms with Crippen molar-refractivity contribution in [3.63, 3.8) is 0 Å². The summed E-state index contributed by atoms with van der Waals surface area (Å²) in [7, 11) is 0. The van der Waals surface area contributed by atoms with Crippen LogP contribution in [-0.4, -0.2) is 9.38 Å². The van der Waals surface area contributed by atoms with Gasteiger partial charge < -0.3 is 0 Å². The van der Waals surface area contributed by atoms with E-state index >= 15 is 0 Å². The van der Waals surface area contributed by atoms with E-state index in [1.807, 2.05) is 6.20 Å². The van der Waals surface area contributed by atoms with Crippen molar-refractivity contribution < 1.29 is 0 Å². The zero-order valence-electron chi connectivity index (χ0n) is 7.84. The summed E-state index contributed by atoms with van der Waals surface area (Å²) in [5, 5.41) is 2.17. The molecular weight excluding hydrogens is 248 g/mol. The molecule has 4 heteroatoms. The van der Waals surface area contributed by atoms with E-state index in [0.29, 0.717) is 0 Å². The monoisotopic (exact) mass is 258 g/mol. The van der Waals surface area contributed by atoms with Crippen LogP contribution in [0, 0.1) is 0 Å². The quantitative estimate of drug-likeness (QED) is 0.708. The molecule has 0 aliphatic rings. The van der Waals surface area contributed by atoms with Gasteiger partial charge in [0.1, 0.15) is 4.60 Å². The molecule has 13 heavy (non-hydrogen) atoms. The summed E-state index contributed by atoms with van der Waals surface area (Å²) in [6.45, 7) is 6.63. The van der Waals surface area contributed by atoms with Crippen molar-refractivity contribution in [2.45, 2.75) is 26.2 Å². The summed E-state index contributed by atoms with van der Waals surface area (Å²) in [5.74, 6) is 0. The second-order valence-electron chi connectivity index (χ2n) is 4.07. The third-order valence-corrected chi connectivity index (χ3v) is 3.37. The average molecular weight is 259 g/mol. The third kappa shape index (κ3) is 1.42. The number of nitrogens with zero attached hydrogens (tertiary/aromatic N) is 2. The molecule has 0 unspecified atom stereocenters. The molecule has 0 aliphatic heterocycles. The Morgan fingerprint density at radius 1 is 1.46 bits per heavy atom. The molecule has 0 fully saturated rings. The Hall–Kier alpha value is -0.350. The van der Waals surface area contributed by atoms with Crippen LogP contribution in [0.4, 0.5) is 0 Å². The molecule has 0 saturated carbocycles. The van der Waals surface area contributed by atoms with Crippen LogP contribution < -0.4 is 0 Å². The minimum Gasteiger partial charge on any atom is -0.281 e. The van der Waals surface area contributed by atoms with Crippen LogP contribution in [0.1, 0.15) is 26.5 Å². The average Bonchev–Trinajstić information content (AvgIpc) is 2.51. The first kappa shape index (κ1) is 9.21. The Labute approximate surface area is 89.7 Å². The van der Waals surface area contributed by atoms with E-state index in [9.17, 15) is 0 Å². The van der Waals surface area contributed by atoms with E-state index in [0.717, 1.165) is 9.56 Å². The van der Waals surface area contributed by atoms with E-state index in [-0.39, 0.29) is 5.41 Å². The third-order valence-electron chi connectivity index (χ3n) is 1.97. The predicted molar refractivity (Wildman–Crippen MR) is 59.5 cm³/mol. The summed E-state index contributed by atoms with van der Waals surface area (Å²) in [6, 6.07) is 0. The van der Waals surface area contributed by atoms with Crippen LogP contribution in [0.3, 0.4) is 0 Å². The summed E-state index contributed by atoms with van der Waals surface area (Å²) < 4.78 is 3.19. The van der Waals surface area contributed by atoms with Gasteiger partial charge in [0, 0.05) is 16.5 Å². The molecule has 0 amide bonds. The van der Waals surface area contributed by atoms with Crippen molar-refractivity contribution in [1.82, 2.24) is 9.38 Å². The molecule has 0 aliphatic carbocycles. The van der Waals surface area contributed by atoms with Gasteiger partial charge in [-0.15, -0.1) is 11.3 Å². The normalized spacial score (nSPS) is 12.6. The van der Waals surface area contributed by atoms with Gasteiger partial charge in [-0.05, 0) is 15.9 Å². The van der Waals surface area contributed by atoms with Gasteiger partial charge in [0.15, 0.2) is 4.96 Å². The highest BCUT2D eigenvalue weighted by Crippen LogP contribution is 2.29.